The van der Waals surface area contributed by atoms with E-state index in [-0.39, 0.29) is 22.9 Å². The molecule has 1 saturated carbocycles. The van der Waals surface area contributed by atoms with E-state index in [9.17, 15) is 13.2 Å². The number of rotatable bonds is 7. The summed E-state index contributed by atoms with van der Waals surface area (Å²) in [5, 5.41) is 0. The van der Waals surface area contributed by atoms with Crippen molar-refractivity contribution in [2.45, 2.75) is 50.2 Å². The molecule has 0 saturated heterocycles. The van der Waals surface area contributed by atoms with Crippen LogP contribution in [-0.4, -0.2) is 42.7 Å². The van der Waals surface area contributed by atoms with E-state index in [1.54, 1.807) is 25.2 Å². The molecule has 2 aromatic carbocycles. The molecule has 0 unspecified atom stereocenters. The maximum atomic E-state index is 13.1. The molecule has 5 nitrogen and oxygen atoms in total. The molecular weight excluding hydrogens is 360 g/mol. The third-order valence-corrected chi connectivity index (χ3v) is 6.96. The topological polar surface area (TPSA) is 57.7 Å². The predicted molar refractivity (Wildman–Crippen MR) is 106 cm³/mol. The minimum absolute atomic E-state index is 0.120. The Morgan fingerprint density at radius 3 is 2.33 bits per heavy atom. The largest absolute Gasteiger partial charge is 0.331 e. The first kappa shape index (κ1) is 19.6. The summed E-state index contributed by atoms with van der Waals surface area (Å²) in [6, 6.07) is 16.3. The van der Waals surface area contributed by atoms with Gasteiger partial charge < -0.3 is 4.90 Å². The van der Waals surface area contributed by atoms with Gasteiger partial charge in [0.25, 0.3) is 5.91 Å². The molecule has 0 aliphatic heterocycles. The van der Waals surface area contributed by atoms with Crippen molar-refractivity contribution in [1.29, 1.82) is 0 Å². The van der Waals surface area contributed by atoms with Crippen molar-refractivity contribution in [3.63, 3.8) is 0 Å². The zero-order valence-corrected chi connectivity index (χ0v) is 16.8. The summed E-state index contributed by atoms with van der Waals surface area (Å²) < 4.78 is 26.8. The van der Waals surface area contributed by atoms with Crippen LogP contribution in [0.25, 0.3) is 0 Å². The van der Waals surface area contributed by atoms with Crippen molar-refractivity contribution >= 4 is 15.9 Å². The summed E-state index contributed by atoms with van der Waals surface area (Å²) >= 11 is 0. The zero-order chi connectivity index (χ0) is 19.6. The highest BCUT2D eigenvalue weighted by molar-refractivity contribution is 7.89. The molecule has 1 aliphatic carbocycles. The third kappa shape index (κ3) is 4.39. The molecule has 1 fully saturated rings. The van der Waals surface area contributed by atoms with Crippen molar-refractivity contribution in [3.05, 3.63) is 65.7 Å². The maximum absolute atomic E-state index is 13.1. The van der Waals surface area contributed by atoms with Crippen LogP contribution in [0, 0.1) is 0 Å². The van der Waals surface area contributed by atoms with Gasteiger partial charge in [-0.05, 0) is 50.5 Å². The predicted octanol–water partition coefficient (Wildman–Crippen LogP) is 3.52. The average molecular weight is 387 g/mol. The normalized spacial score (nSPS) is 14.6. The van der Waals surface area contributed by atoms with Crippen LogP contribution in [0.4, 0.5) is 0 Å². The number of amides is 1. The Balaban J connectivity index is 1.88. The summed E-state index contributed by atoms with van der Waals surface area (Å²) in [6.45, 7) is 4.18. The van der Waals surface area contributed by atoms with E-state index in [4.69, 9.17) is 0 Å². The summed E-state index contributed by atoms with van der Waals surface area (Å²) in [7, 11) is -2.06. The van der Waals surface area contributed by atoms with Crippen molar-refractivity contribution in [3.8, 4) is 0 Å². The Bertz CT molecular complexity index is 906. The van der Waals surface area contributed by atoms with Crippen LogP contribution in [0.15, 0.2) is 59.5 Å². The van der Waals surface area contributed by atoms with Gasteiger partial charge in [0.15, 0.2) is 0 Å². The van der Waals surface area contributed by atoms with Crippen LogP contribution in [0.1, 0.15) is 42.6 Å². The van der Waals surface area contributed by atoms with Gasteiger partial charge in [0.2, 0.25) is 10.0 Å². The molecule has 1 aliphatic rings. The first-order valence-corrected chi connectivity index (χ1v) is 10.7. The second-order valence-corrected chi connectivity index (χ2v) is 9.29. The molecule has 0 bridgehead atoms. The Morgan fingerprint density at radius 1 is 1.07 bits per heavy atom. The summed E-state index contributed by atoms with van der Waals surface area (Å²) in [5.74, 6) is -0.120. The molecule has 1 amide bonds. The van der Waals surface area contributed by atoms with Gasteiger partial charge in [0, 0.05) is 31.2 Å². The van der Waals surface area contributed by atoms with E-state index < -0.39 is 10.0 Å². The SMILES string of the molecule is CC(C)N(C)S(=O)(=O)c1cccc(C(=O)N(Cc2ccccc2)C2CC2)c1. The Hall–Kier alpha value is -2.18. The molecule has 2 aromatic rings. The van der Waals surface area contributed by atoms with E-state index in [0.29, 0.717) is 12.1 Å². The number of hydrogen-bond acceptors (Lipinski definition) is 3. The van der Waals surface area contributed by atoms with Gasteiger partial charge >= 0.3 is 0 Å². The van der Waals surface area contributed by atoms with Crippen molar-refractivity contribution in [2.24, 2.45) is 0 Å². The number of carbonyl (C=O) groups excluding carboxylic acids is 1. The first-order chi connectivity index (χ1) is 12.8. The van der Waals surface area contributed by atoms with Crippen molar-refractivity contribution in [2.75, 3.05) is 7.05 Å². The average Bonchev–Trinajstić information content (AvgIpc) is 3.51. The second-order valence-electron chi connectivity index (χ2n) is 7.29. The molecule has 3 rings (SSSR count). The van der Waals surface area contributed by atoms with Crippen LogP contribution >= 0.6 is 0 Å². The molecule has 6 heteroatoms. The number of sulfonamides is 1. The lowest BCUT2D eigenvalue weighted by molar-refractivity contribution is 0.0729. The molecule has 27 heavy (non-hydrogen) atoms. The molecule has 0 aromatic heterocycles. The fourth-order valence-corrected chi connectivity index (χ4v) is 4.35. The minimum atomic E-state index is -3.62. The van der Waals surface area contributed by atoms with Gasteiger partial charge in [0.05, 0.1) is 4.90 Å². The van der Waals surface area contributed by atoms with E-state index in [2.05, 4.69) is 0 Å². The molecular formula is C21H26N2O3S. The standard InChI is InChI=1S/C21H26N2O3S/c1-16(2)22(3)27(25,26)20-11-7-10-18(14-20)21(24)23(19-12-13-19)15-17-8-5-4-6-9-17/h4-11,14,16,19H,12-13,15H2,1-3H3. The Morgan fingerprint density at radius 2 is 1.74 bits per heavy atom. The number of nitrogens with zero attached hydrogens (tertiary/aromatic N) is 2. The summed E-state index contributed by atoms with van der Waals surface area (Å²) in [6.07, 6.45) is 1.99. The smallest absolute Gasteiger partial charge is 0.254 e. The van der Waals surface area contributed by atoms with E-state index in [1.165, 1.54) is 10.4 Å². The van der Waals surface area contributed by atoms with Gasteiger partial charge in [-0.1, -0.05) is 36.4 Å². The van der Waals surface area contributed by atoms with Crippen LogP contribution in [0.2, 0.25) is 0 Å². The number of benzene rings is 2. The van der Waals surface area contributed by atoms with Gasteiger partial charge in [-0.3, -0.25) is 4.79 Å². The number of carbonyl (C=O) groups is 1. The van der Waals surface area contributed by atoms with Gasteiger partial charge in [-0.2, -0.15) is 4.31 Å². The van der Waals surface area contributed by atoms with Crippen molar-refractivity contribution in [1.82, 2.24) is 9.21 Å². The molecule has 0 heterocycles. The summed E-state index contributed by atoms with van der Waals surface area (Å²) in [4.78, 5) is 15.1. The van der Waals surface area contributed by atoms with Crippen LogP contribution in [0.3, 0.4) is 0 Å². The Kier molecular flexibility index (Phi) is 5.67. The lowest BCUT2D eigenvalue weighted by Gasteiger charge is -2.24. The van der Waals surface area contributed by atoms with E-state index >= 15 is 0 Å². The highest BCUT2D eigenvalue weighted by Crippen LogP contribution is 2.30. The fourth-order valence-electron chi connectivity index (χ4n) is 2.93. The van der Waals surface area contributed by atoms with Crippen LogP contribution in [0.5, 0.6) is 0 Å². The van der Waals surface area contributed by atoms with Gasteiger partial charge in [-0.15, -0.1) is 0 Å². The van der Waals surface area contributed by atoms with E-state index in [1.807, 2.05) is 49.1 Å². The molecule has 144 valence electrons. The number of hydrogen-bond donors (Lipinski definition) is 0. The highest BCUT2D eigenvalue weighted by atomic mass is 32.2. The monoisotopic (exact) mass is 386 g/mol. The summed E-state index contributed by atoms with van der Waals surface area (Å²) in [5.41, 5.74) is 1.48. The lowest BCUT2D eigenvalue weighted by atomic mass is 10.1. The highest BCUT2D eigenvalue weighted by Gasteiger charge is 2.33. The zero-order valence-electron chi connectivity index (χ0n) is 16.0. The maximum Gasteiger partial charge on any atom is 0.254 e. The van der Waals surface area contributed by atoms with Crippen molar-refractivity contribution < 1.29 is 13.2 Å². The Labute approximate surface area is 161 Å². The second kappa shape index (κ2) is 7.82. The molecule has 0 N–H and O–H groups in total. The van der Waals surface area contributed by atoms with Gasteiger partial charge in [0.1, 0.15) is 0 Å². The van der Waals surface area contributed by atoms with Gasteiger partial charge in [-0.25, -0.2) is 8.42 Å². The fraction of sp³-hybridized carbons (Fsp3) is 0.381. The lowest BCUT2D eigenvalue weighted by Crippen LogP contribution is -2.34. The van der Waals surface area contributed by atoms with Crippen LogP contribution < -0.4 is 0 Å². The quantitative estimate of drug-likeness (QED) is 0.732. The molecule has 0 radical (unpaired) electrons. The van der Waals surface area contributed by atoms with Crippen LogP contribution in [-0.2, 0) is 16.6 Å². The first-order valence-electron chi connectivity index (χ1n) is 9.23. The minimum Gasteiger partial charge on any atom is -0.331 e. The third-order valence-electron chi connectivity index (χ3n) is 4.93. The molecule has 0 atom stereocenters. The van der Waals surface area contributed by atoms with E-state index in [0.717, 1.165) is 18.4 Å². The molecule has 0 spiro atoms.